The molecule has 174 valence electrons. The third-order valence-electron chi connectivity index (χ3n) is 6.11. The lowest BCUT2D eigenvalue weighted by Crippen LogP contribution is -2.46. The van der Waals surface area contributed by atoms with Crippen molar-refractivity contribution in [2.75, 3.05) is 61.4 Å². The first-order valence-corrected chi connectivity index (χ1v) is 12.3. The van der Waals surface area contributed by atoms with Crippen molar-refractivity contribution >= 4 is 33.8 Å². The number of hydrogen-bond donors (Lipinski definition) is 1. The van der Waals surface area contributed by atoms with Crippen LogP contribution in [0.5, 0.6) is 0 Å². The molecule has 2 atom stereocenters. The van der Waals surface area contributed by atoms with Crippen molar-refractivity contribution in [2.24, 2.45) is 0 Å². The summed E-state index contributed by atoms with van der Waals surface area (Å²) in [6, 6.07) is 8.38. The number of ether oxygens (including phenoxy) is 1. The van der Waals surface area contributed by atoms with Crippen molar-refractivity contribution in [3.8, 4) is 10.4 Å². The lowest BCUT2D eigenvalue weighted by atomic mass is 10.2. The molecular formula is C24H31N7OS. The van der Waals surface area contributed by atoms with Crippen molar-refractivity contribution in [1.82, 2.24) is 19.9 Å². The number of aromatic nitrogens is 3. The number of nitrogens with one attached hydrogen (secondary N) is 1. The van der Waals surface area contributed by atoms with Crippen molar-refractivity contribution in [3.63, 3.8) is 0 Å². The maximum absolute atomic E-state index is 5.95. The highest BCUT2D eigenvalue weighted by atomic mass is 32.1. The fourth-order valence-electron chi connectivity index (χ4n) is 4.43. The van der Waals surface area contributed by atoms with E-state index in [0.29, 0.717) is 0 Å². The molecule has 0 radical (unpaired) electrons. The van der Waals surface area contributed by atoms with Crippen LogP contribution in [0, 0.1) is 0 Å². The molecule has 5 heterocycles. The Kier molecular flexibility index (Phi) is 6.43. The molecule has 5 rings (SSSR count). The van der Waals surface area contributed by atoms with E-state index in [1.807, 2.05) is 18.3 Å². The summed E-state index contributed by atoms with van der Waals surface area (Å²) in [5.74, 6) is 1.81. The zero-order valence-corrected chi connectivity index (χ0v) is 20.3. The minimum absolute atomic E-state index is 0.182. The molecule has 1 N–H and O–H groups in total. The number of rotatable bonds is 5. The van der Waals surface area contributed by atoms with Gasteiger partial charge < -0.3 is 24.8 Å². The van der Waals surface area contributed by atoms with Gasteiger partial charge in [0.2, 0.25) is 0 Å². The van der Waals surface area contributed by atoms with E-state index in [1.165, 1.54) is 5.69 Å². The monoisotopic (exact) mass is 465 g/mol. The van der Waals surface area contributed by atoms with E-state index in [9.17, 15) is 0 Å². The summed E-state index contributed by atoms with van der Waals surface area (Å²) in [6.45, 7) is 10.1. The zero-order chi connectivity index (χ0) is 22.8. The van der Waals surface area contributed by atoms with Gasteiger partial charge in [0.25, 0.3) is 0 Å². The summed E-state index contributed by atoms with van der Waals surface area (Å²) in [4.78, 5) is 22.0. The number of anilines is 4. The zero-order valence-electron chi connectivity index (χ0n) is 19.4. The van der Waals surface area contributed by atoms with Gasteiger partial charge in [-0.15, -0.1) is 0 Å². The van der Waals surface area contributed by atoms with Gasteiger partial charge in [-0.1, -0.05) is 11.3 Å². The van der Waals surface area contributed by atoms with Gasteiger partial charge in [-0.05, 0) is 38.6 Å². The number of pyridine rings is 2. The second kappa shape index (κ2) is 9.62. The first-order chi connectivity index (χ1) is 16.0. The molecule has 33 heavy (non-hydrogen) atoms. The largest absolute Gasteiger partial charge is 0.372 e. The molecule has 3 aromatic rings. The molecule has 0 aromatic carbocycles. The Bertz CT molecular complexity index is 1060. The van der Waals surface area contributed by atoms with Gasteiger partial charge in [0.15, 0.2) is 5.13 Å². The van der Waals surface area contributed by atoms with Crippen LogP contribution in [-0.4, -0.2) is 78.4 Å². The molecular weight excluding hydrogens is 434 g/mol. The smallest absolute Gasteiger partial charge is 0.188 e. The van der Waals surface area contributed by atoms with Crippen LogP contribution in [0.3, 0.4) is 0 Å². The van der Waals surface area contributed by atoms with Crippen LogP contribution in [0.1, 0.15) is 13.8 Å². The lowest BCUT2D eigenvalue weighted by molar-refractivity contribution is -0.00545. The maximum atomic E-state index is 5.95. The number of thiazole rings is 1. The van der Waals surface area contributed by atoms with Gasteiger partial charge in [-0.25, -0.2) is 9.97 Å². The highest BCUT2D eigenvalue weighted by molar-refractivity contribution is 7.18. The second-order valence-corrected chi connectivity index (χ2v) is 9.94. The maximum Gasteiger partial charge on any atom is 0.188 e. The second-order valence-electron chi connectivity index (χ2n) is 8.91. The molecule has 2 fully saturated rings. The van der Waals surface area contributed by atoms with Crippen LogP contribution in [0.4, 0.5) is 22.5 Å². The summed E-state index contributed by atoms with van der Waals surface area (Å²) < 4.78 is 5.95. The lowest BCUT2D eigenvalue weighted by Gasteiger charge is -2.38. The minimum Gasteiger partial charge on any atom is -0.372 e. The quantitative estimate of drug-likeness (QED) is 0.612. The highest BCUT2D eigenvalue weighted by Gasteiger charge is 2.25. The van der Waals surface area contributed by atoms with Gasteiger partial charge in [0.05, 0.1) is 17.1 Å². The normalized spacial score (nSPS) is 21.9. The first-order valence-electron chi connectivity index (χ1n) is 11.5. The fourth-order valence-corrected chi connectivity index (χ4v) is 5.26. The SMILES string of the molecule is CC1CN(c2cc(N3CCN(C)CC3)cc(Nc3ncc(-c4ccncc4)s3)n2)CC(C)O1. The number of morpholine rings is 1. The number of likely N-dealkylation sites (N-methyl/N-ethyl adjacent to an activating group) is 1. The molecule has 0 amide bonds. The molecule has 0 aliphatic carbocycles. The van der Waals surface area contributed by atoms with Crippen LogP contribution < -0.4 is 15.1 Å². The van der Waals surface area contributed by atoms with Crippen molar-refractivity contribution in [1.29, 1.82) is 0 Å². The minimum atomic E-state index is 0.182. The number of piperazine rings is 1. The van der Waals surface area contributed by atoms with Crippen molar-refractivity contribution in [3.05, 3.63) is 42.9 Å². The third-order valence-corrected chi connectivity index (χ3v) is 7.08. The van der Waals surface area contributed by atoms with Gasteiger partial charge in [0, 0.05) is 75.7 Å². The Morgan fingerprint density at radius 3 is 2.45 bits per heavy atom. The predicted octanol–water partition coefficient (Wildman–Crippen LogP) is 3.71. The van der Waals surface area contributed by atoms with Crippen LogP contribution >= 0.6 is 11.3 Å². The fraction of sp³-hybridized carbons (Fsp3) is 0.458. The summed E-state index contributed by atoms with van der Waals surface area (Å²) >= 11 is 1.62. The molecule has 2 saturated heterocycles. The van der Waals surface area contributed by atoms with Crippen LogP contribution in [0.2, 0.25) is 0 Å². The molecule has 0 saturated carbocycles. The topological polar surface area (TPSA) is 69.7 Å². The Morgan fingerprint density at radius 1 is 1.00 bits per heavy atom. The predicted molar refractivity (Wildman–Crippen MR) is 135 cm³/mol. The first kappa shape index (κ1) is 22.1. The van der Waals surface area contributed by atoms with Gasteiger partial charge in [0.1, 0.15) is 11.6 Å². The summed E-state index contributed by atoms with van der Waals surface area (Å²) in [5, 5.41) is 4.30. The van der Waals surface area contributed by atoms with Gasteiger partial charge in [-0.3, -0.25) is 4.98 Å². The van der Waals surface area contributed by atoms with Crippen LogP contribution in [0.15, 0.2) is 42.9 Å². The van der Waals surface area contributed by atoms with Crippen LogP contribution in [0.25, 0.3) is 10.4 Å². The van der Waals surface area contributed by atoms with Crippen molar-refractivity contribution in [2.45, 2.75) is 26.1 Å². The number of nitrogens with zero attached hydrogens (tertiary/aromatic N) is 6. The van der Waals surface area contributed by atoms with E-state index in [-0.39, 0.29) is 12.2 Å². The Balaban J connectivity index is 1.43. The molecule has 2 aliphatic rings. The van der Waals surface area contributed by atoms with E-state index >= 15 is 0 Å². The third kappa shape index (κ3) is 5.26. The number of hydrogen-bond acceptors (Lipinski definition) is 9. The summed E-state index contributed by atoms with van der Waals surface area (Å²) in [6.07, 6.45) is 5.88. The molecule has 9 heteroatoms. The standard InChI is InChI=1S/C24H31N7OS/c1-17-15-31(16-18(2)32-17)23-13-20(30-10-8-29(3)9-11-30)12-22(27-23)28-24-26-14-21(33-24)19-4-6-25-7-5-19/h4-7,12-14,17-18H,8-11,15-16H2,1-3H3,(H,26,27,28). The molecule has 2 unspecified atom stereocenters. The average molecular weight is 466 g/mol. The molecule has 0 bridgehead atoms. The van der Waals surface area contributed by atoms with E-state index < -0.39 is 0 Å². The van der Waals surface area contributed by atoms with E-state index in [2.05, 4.69) is 63.0 Å². The Labute approximate surface area is 199 Å². The van der Waals surface area contributed by atoms with E-state index in [4.69, 9.17) is 9.72 Å². The summed E-state index contributed by atoms with van der Waals surface area (Å²) in [7, 11) is 2.18. The molecule has 8 nitrogen and oxygen atoms in total. The molecule has 3 aromatic heterocycles. The van der Waals surface area contributed by atoms with Crippen LogP contribution in [-0.2, 0) is 4.74 Å². The van der Waals surface area contributed by atoms with E-state index in [1.54, 1.807) is 23.7 Å². The van der Waals surface area contributed by atoms with Gasteiger partial charge in [-0.2, -0.15) is 0 Å². The van der Waals surface area contributed by atoms with Gasteiger partial charge >= 0.3 is 0 Å². The Morgan fingerprint density at radius 2 is 1.73 bits per heavy atom. The Hall–Kier alpha value is -2.75. The highest BCUT2D eigenvalue weighted by Crippen LogP contribution is 2.33. The molecule has 0 spiro atoms. The van der Waals surface area contributed by atoms with E-state index in [0.717, 1.165) is 66.5 Å². The van der Waals surface area contributed by atoms with Crippen molar-refractivity contribution < 1.29 is 4.74 Å². The molecule has 2 aliphatic heterocycles. The average Bonchev–Trinajstić information content (AvgIpc) is 3.28. The summed E-state index contributed by atoms with van der Waals surface area (Å²) in [5.41, 5.74) is 2.32.